The number of carbonyl (C=O) groups is 1. The van der Waals surface area contributed by atoms with Gasteiger partial charge in [0.15, 0.2) is 5.76 Å². The van der Waals surface area contributed by atoms with Crippen molar-refractivity contribution in [2.24, 2.45) is 0 Å². The lowest BCUT2D eigenvalue weighted by Gasteiger charge is -2.21. The van der Waals surface area contributed by atoms with Gasteiger partial charge in [0.1, 0.15) is 17.2 Å². The van der Waals surface area contributed by atoms with Crippen molar-refractivity contribution >= 4 is 17.5 Å². The maximum Gasteiger partial charge on any atom is 0.255 e. The molecule has 1 amide bonds. The van der Waals surface area contributed by atoms with Crippen molar-refractivity contribution in [1.29, 1.82) is 0 Å². The van der Waals surface area contributed by atoms with Crippen LogP contribution in [0.5, 0.6) is 11.5 Å². The van der Waals surface area contributed by atoms with Crippen molar-refractivity contribution < 1.29 is 18.8 Å². The van der Waals surface area contributed by atoms with Crippen LogP contribution in [-0.2, 0) is 6.54 Å². The highest BCUT2D eigenvalue weighted by molar-refractivity contribution is 6.33. The third-order valence-electron chi connectivity index (χ3n) is 4.47. The van der Waals surface area contributed by atoms with Crippen LogP contribution in [0.25, 0.3) is 11.3 Å². The van der Waals surface area contributed by atoms with Crippen LogP contribution in [0, 0.1) is 0 Å². The number of amides is 1. The third-order valence-corrected chi connectivity index (χ3v) is 4.80. The molecule has 2 aromatic carbocycles. The van der Waals surface area contributed by atoms with Crippen LogP contribution in [0.15, 0.2) is 53.1 Å². The van der Waals surface area contributed by atoms with Crippen molar-refractivity contribution in [1.82, 2.24) is 10.1 Å². The fourth-order valence-corrected chi connectivity index (χ4v) is 3.26. The molecule has 6 nitrogen and oxygen atoms in total. The van der Waals surface area contributed by atoms with Gasteiger partial charge in [-0.3, -0.25) is 4.79 Å². The molecule has 1 heterocycles. The Kier molecular flexibility index (Phi) is 6.77. The molecule has 0 saturated heterocycles. The standard InChI is InChI=1S/C22H23ClN2O4/c1-4-11-25(22(26)17-7-5-6-8-19(17)23)14-15-12-21(29-24-15)18-13-16(27-2)9-10-20(18)28-3/h5-10,12-13H,4,11,14H2,1-3H3. The SMILES string of the molecule is CCCN(Cc1cc(-c2cc(OC)ccc2OC)on1)C(=O)c1ccccc1Cl. The lowest BCUT2D eigenvalue weighted by Crippen LogP contribution is -2.31. The third kappa shape index (κ3) is 4.71. The zero-order valence-corrected chi connectivity index (χ0v) is 17.4. The summed E-state index contributed by atoms with van der Waals surface area (Å²) in [4.78, 5) is 14.7. The van der Waals surface area contributed by atoms with Gasteiger partial charge in [0.25, 0.3) is 5.91 Å². The minimum absolute atomic E-state index is 0.138. The lowest BCUT2D eigenvalue weighted by atomic mass is 10.1. The molecule has 0 aliphatic rings. The molecule has 3 aromatic rings. The maximum atomic E-state index is 13.0. The Morgan fingerprint density at radius 3 is 2.62 bits per heavy atom. The van der Waals surface area contributed by atoms with Crippen LogP contribution < -0.4 is 9.47 Å². The highest BCUT2D eigenvalue weighted by Crippen LogP contribution is 2.34. The average Bonchev–Trinajstić information content (AvgIpc) is 3.21. The molecular formula is C22H23ClN2O4. The zero-order valence-electron chi connectivity index (χ0n) is 16.6. The highest BCUT2D eigenvalue weighted by Gasteiger charge is 2.20. The molecule has 0 radical (unpaired) electrons. The number of ether oxygens (including phenoxy) is 2. The number of nitrogens with zero attached hydrogens (tertiary/aromatic N) is 2. The number of halogens is 1. The predicted octanol–water partition coefficient (Wildman–Crippen LogP) is 5.06. The van der Waals surface area contributed by atoms with E-state index in [-0.39, 0.29) is 5.91 Å². The molecule has 0 fully saturated rings. The van der Waals surface area contributed by atoms with E-state index in [0.29, 0.717) is 46.6 Å². The molecule has 0 unspecified atom stereocenters. The first-order chi connectivity index (χ1) is 14.1. The van der Waals surface area contributed by atoms with Crippen LogP contribution in [0.3, 0.4) is 0 Å². The molecule has 7 heteroatoms. The second-order valence-corrected chi connectivity index (χ2v) is 6.86. The number of benzene rings is 2. The monoisotopic (exact) mass is 414 g/mol. The Balaban J connectivity index is 1.86. The van der Waals surface area contributed by atoms with Gasteiger partial charge >= 0.3 is 0 Å². The molecular weight excluding hydrogens is 392 g/mol. The number of aromatic nitrogens is 1. The summed E-state index contributed by atoms with van der Waals surface area (Å²) in [6, 6.07) is 14.3. The molecule has 0 spiro atoms. The van der Waals surface area contributed by atoms with Crippen LogP contribution in [0.2, 0.25) is 5.02 Å². The summed E-state index contributed by atoms with van der Waals surface area (Å²) in [5.41, 5.74) is 1.84. The van der Waals surface area contributed by atoms with Crippen molar-refractivity contribution in [3.8, 4) is 22.8 Å². The van der Waals surface area contributed by atoms with Gasteiger partial charge < -0.3 is 18.9 Å². The van der Waals surface area contributed by atoms with E-state index in [1.54, 1.807) is 55.5 Å². The summed E-state index contributed by atoms with van der Waals surface area (Å²) in [6.07, 6.45) is 0.810. The van der Waals surface area contributed by atoms with E-state index >= 15 is 0 Å². The Hall–Kier alpha value is -2.99. The van der Waals surface area contributed by atoms with Gasteiger partial charge in [0.2, 0.25) is 0 Å². The number of carbonyl (C=O) groups excluding carboxylic acids is 1. The van der Waals surface area contributed by atoms with E-state index in [9.17, 15) is 4.79 Å². The van der Waals surface area contributed by atoms with Crippen molar-refractivity contribution in [2.75, 3.05) is 20.8 Å². The summed E-state index contributed by atoms with van der Waals surface area (Å²) in [6.45, 7) is 2.91. The van der Waals surface area contributed by atoms with E-state index in [0.717, 1.165) is 12.0 Å². The van der Waals surface area contributed by atoms with Gasteiger partial charge in [-0.05, 0) is 36.8 Å². The topological polar surface area (TPSA) is 64.8 Å². The predicted molar refractivity (Wildman–Crippen MR) is 112 cm³/mol. The van der Waals surface area contributed by atoms with Crippen molar-refractivity contribution in [3.63, 3.8) is 0 Å². The average molecular weight is 415 g/mol. The van der Waals surface area contributed by atoms with Crippen LogP contribution >= 0.6 is 11.6 Å². The van der Waals surface area contributed by atoms with E-state index in [4.69, 9.17) is 25.6 Å². The fraction of sp³-hybridized carbons (Fsp3) is 0.273. The van der Waals surface area contributed by atoms with Gasteiger partial charge in [-0.1, -0.05) is 35.8 Å². The number of hydrogen-bond acceptors (Lipinski definition) is 5. The molecule has 1 aromatic heterocycles. The Morgan fingerprint density at radius 1 is 1.14 bits per heavy atom. The zero-order chi connectivity index (χ0) is 20.8. The first-order valence-corrected chi connectivity index (χ1v) is 9.67. The normalized spacial score (nSPS) is 10.6. The van der Waals surface area contributed by atoms with E-state index in [2.05, 4.69) is 5.16 Å². The van der Waals surface area contributed by atoms with E-state index in [1.165, 1.54) is 0 Å². The smallest absolute Gasteiger partial charge is 0.255 e. The molecule has 0 aliphatic heterocycles. The van der Waals surface area contributed by atoms with Crippen molar-refractivity contribution in [3.05, 3.63) is 64.8 Å². The van der Waals surface area contributed by atoms with Crippen LogP contribution in [0.4, 0.5) is 0 Å². The molecule has 0 bridgehead atoms. The van der Waals surface area contributed by atoms with Gasteiger partial charge in [-0.15, -0.1) is 0 Å². The summed E-state index contributed by atoms with van der Waals surface area (Å²) >= 11 is 6.21. The number of rotatable bonds is 8. The number of methoxy groups -OCH3 is 2. The summed E-state index contributed by atoms with van der Waals surface area (Å²) in [5.74, 6) is 1.73. The fourth-order valence-electron chi connectivity index (χ4n) is 3.04. The van der Waals surface area contributed by atoms with E-state index < -0.39 is 0 Å². The molecule has 29 heavy (non-hydrogen) atoms. The van der Waals surface area contributed by atoms with Crippen LogP contribution in [-0.4, -0.2) is 36.7 Å². The first kappa shape index (κ1) is 20.7. The lowest BCUT2D eigenvalue weighted by molar-refractivity contribution is 0.0740. The van der Waals surface area contributed by atoms with Gasteiger partial charge in [-0.25, -0.2) is 0 Å². The van der Waals surface area contributed by atoms with Crippen LogP contribution in [0.1, 0.15) is 29.4 Å². The minimum Gasteiger partial charge on any atom is -0.497 e. The molecule has 0 aliphatic carbocycles. The number of hydrogen-bond donors (Lipinski definition) is 0. The maximum absolute atomic E-state index is 13.0. The first-order valence-electron chi connectivity index (χ1n) is 9.29. The molecule has 152 valence electrons. The second kappa shape index (κ2) is 9.47. The largest absolute Gasteiger partial charge is 0.497 e. The van der Waals surface area contributed by atoms with Gasteiger partial charge in [0, 0.05) is 12.6 Å². The highest BCUT2D eigenvalue weighted by atomic mass is 35.5. The quantitative estimate of drug-likeness (QED) is 0.515. The molecule has 0 saturated carbocycles. The summed E-state index contributed by atoms with van der Waals surface area (Å²) in [5, 5.41) is 4.58. The van der Waals surface area contributed by atoms with Gasteiger partial charge in [-0.2, -0.15) is 0 Å². The molecule has 0 N–H and O–H groups in total. The van der Waals surface area contributed by atoms with Gasteiger partial charge in [0.05, 0.1) is 36.9 Å². The van der Waals surface area contributed by atoms with E-state index in [1.807, 2.05) is 19.1 Å². The molecule has 3 rings (SSSR count). The summed E-state index contributed by atoms with van der Waals surface area (Å²) in [7, 11) is 3.19. The second-order valence-electron chi connectivity index (χ2n) is 6.46. The minimum atomic E-state index is -0.138. The Labute approximate surface area is 175 Å². The Bertz CT molecular complexity index is 986. The Morgan fingerprint density at radius 2 is 1.93 bits per heavy atom. The summed E-state index contributed by atoms with van der Waals surface area (Å²) < 4.78 is 16.2. The van der Waals surface area contributed by atoms with Crippen molar-refractivity contribution in [2.45, 2.75) is 19.9 Å². The molecule has 0 atom stereocenters.